The SMILES string of the molecule is CCCCCCCCCCP(=O)(O)O.[CH2-]CCCCCCCCC.[Ni]. The van der Waals surface area contributed by atoms with Gasteiger partial charge >= 0.3 is 7.60 Å². The van der Waals surface area contributed by atoms with Gasteiger partial charge in [0.1, 0.15) is 0 Å². The van der Waals surface area contributed by atoms with Gasteiger partial charge in [0.05, 0.1) is 0 Å². The van der Waals surface area contributed by atoms with Crippen LogP contribution in [0.3, 0.4) is 0 Å². The Morgan fingerprint density at radius 2 is 0.960 bits per heavy atom. The summed E-state index contributed by atoms with van der Waals surface area (Å²) in [6.45, 7) is 8.27. The monoisotopic (exact) mass is 421 g/mol. The van der Waals surface area contributed by atoms with Crippen LogP contribution in [-0.2, 0) is 21.1 Å². The van der Waals surface area contributed by atoms with Crippen molar-refractivity contribution in [1.29, 1.82) is 0 Å². The average Bonchev–Trinajstić information content (AvgIpc) is 2.53. The molecule has 3 nitrogen and oxygen atoms in total. The van der Waals surface area contributed by atoms with Gasteiger partial charge in [0.25, 0.3) is 0 Å². The summed E-state index contributed by atoms with van der Waals surface area (Å²) in [5.74, 6) is 0. The van der Waals surface area contributed by atoms with Crippen molar-refractivity contribution in [3.63, 3.8) is 0 Å². The predicted octanol–water partition coefficient (Wildman–Crippen LogP) is 7.26. The maximum Gasteiger partial charge on any atom is 0.325 e. The molecule has 0 unspecified atom stereocenters. The van der Waals surface area contributed by atoms with Gasteiger partial charge in [-0.15, -0.1) is 0 Å². The summed E-state index contributed by atoms with van der Waals surface area (Å²) in [6.07, 6.45) is 20.1. The largest absolute Gasteiger partial charge is 0.343 e. The van der Waals surface area contributed by atoms with Crippen molar-refractivity contribution in [1.82, 2.24) is 0 Å². The van der Waals surface area contributed by atoms with Crippen LogP contribution in [0.2, 0.25) is 0 Å². The van der Waals surface area contributed by atoms with Crippen molar-refractivity contribution in [3.05, 3.63) is 6.92 Å². The van der Waals surface area contributed by atoms with E-state index in [1.54, 1.807) is 0 Å². The molecular weight excluding hydrogens is 378 g/mol. The summed E-state index contributed by atoms with van der Waals surface area (Å²) in [5, 5.41) is 0. The van der Waals surface area contributed by atoms with E-state index >= 15 is 0 Å². The fourth-order valence-electron chi connectivity index (χ4n) is 2.59. The first kappa shape index (κ1) is 30.4. The maximum absolute atomic E-state index is 10.5. The quantitative estimate of drug-likeness (QED) is 0.119. The van der Waals surface area contributed by atoms with Gasteiger partial charge in [0, 0.05) is 22.7 Å². The first-order valence-electron chi connectivity index (χ1n) is 10.3. The molecule has 0 aliphatic rings. The Labute approximate surface area is 168 Å². The standard InChI is InChI=1S/C10H23O3P.C10H21.Ni/c1-2-3-4-5-6-7-8-9-10-14(11,12)13;1-3-5-7-9-10-8-6-4-2;/h2-10H2,1H3,(H2,11,12,13);1,3-10H2,2H3;/q;-1;. The molecule has 0 aromatic rings. The molecule has 0 bridgehead atoms. The van der Waals surface area contributed by atoms with E-state index in [1.165, 1.54) is 77.0 Å². The molecule has 0 fully saturated rings. The van der Waals surface area contributed by atoms with Crippen molar-refractivity contribution in [2.75, 3.05) is 6.16 Å². The van der Waals surface area contributed by atoms with Crippen LogP contribution in [-0.4, -0.2) is 15.9 Å². The van der Waals surface area contributed by atoms with Crippen LogP contribution >= 0.6 is 7.60 Å². The van der Waals surface area contributed by atoms with E-state index < -0.39 is 7.60 Å². The van der Waals surface area contributed by atoms with E-state index in [9.17, 15) is 4.57 Å². The topological polar surface area (TPSA) is 57.5 Å². The molecule has 0 radical (unpaired) electrons. The van der Waals surface area contributed by atoms with Gasteiger partial charge in [-0.25, -0.2) is 0 Å². The summed E-state index contributed by atoms with van der Waals surface area (Å²) < 4.78 is 10.5. The molecule has 0 aliphatic carbocycles. The fraction of sp³-hybridized carbons (Fsp3) is 0.950. The summed E-state index contributed by atoms with van der Waals surface area (Å²) in [4.78, 5) is 17.2. The molecule has 0 atom stereocenters. The zero-order valence-corrected chi connectivity index (χ0v) is 18.7. The Bertz CT molecular complexity index is 262. The minimum absolute atomic E-state index is 0. The summed E-state index contributed by atoms with van der Waals surface area (Å²) in [6, 6.07) is 0. The molecule has 0 aliphatic heterocycles. The zero-order valence-electron chi connectivity index (χ0n) is 16.8. The second-order valence-electron chi connectivity index (χ2n) is 6.84. The molecule has 0 saturated heterocycles. The molecule has 25 heavy (non-hydrogen) atoms. The number of hydrogen-bond donors (Lipinski definition) is 2. The molecule has 0 spiro atoms. The normalized spacial score (nSPS) is 10.8. The van der Waals surface area contributed by atoms with Crippen molar-refractivity contribution >= 4 is 7.60 Å². The van der Waals surface area contributed by atoms with Crippen LogP contribution < -0.4 is 0 Å². The molecule has 0 aromatic heterocycles. The van der Waals surface area contributed by atoms with Crippen LogP contribution in [0.4, 0.5) is 0 Å². The van der Waals surface area contributed by atoms with E-state index in [2.05, 4.69) is 20.8 Å². The molecule has 0 heterocycles. The molecule has 0 saturated carbocycles. The molecule has 0 rings (SSSR count). The van der Waals surface area contributed by atoms with Crippen molar-refractivity contribution in [2.24, 2.45) is 0 Å². The van der Waals surface area contributed by atoms with Gasteiger partial charge < -0.3 is 16.7 Å². The number of unbranched alkanes of at least 4 members (excludes halogenated alkanes) is 14. The fourth-order valence-corrected chi connectivity index (χ4v) is 3.22. The predicted molar refractivity (Wildman–Crippen MR) is 107 cm³/mol. The number of rotatable bonds is 16. The Hall–Kier alpha value is 0.644. The second kappa shape index (κ2) is 24.6. The molecular formula is C20H44NiO3P-. The molecule has 5 heteroatoms. The zero-order chi connectivity index (χ0) is 18.5. The minimum Gasteiger partial charge on any atom is -0.343 e. The van der Waals surface area contributed by atoms with Crippen LogP contribution in [0.15, 0.2) is 0 Å². The van der Waals surface area contributed by atoms with E-state index in [4.69, 9.17) is 9.79 Å². The Balaban J connectivity index is -0.000000392. The van der Waals surface area contributed by atoms with Gasteiger partial charge in [-0.3, -0.25) is 4.57 Å². The maximum atomic E-state index is 10.5. The molecule has 0 amide bonds. The Morgan fingerprint density at radius 1 is 0.640 bits per heavy atom. The van der Waals surface area contributed by atoms with Gasteiger partial charge in [0.2, 0.25) is 0 Å². The van der Waals surface area contributed by atoms with Crippen LogP contribution in [0.5, 0.6) is 0 Å². The van der Waals surface area contributed by atoms with E-state index in [-0.39, 0.29) is 22.7 Å². The molecule has 0 aromatic carbocycles. The van der Waals surface area contributed by atoms with Gasteiger partial charge in [-0.05, 0) is 6.42 Å². The van der Waals surface area contributed by atoms with Gasteiger partial charge in [0.15, 0.2) is 0 Å². The third-order valence-electron chi connectivity index (χ3n) is 4.16. The van der Waals surface area contributed by atoms with Crippen LogP contribution in [0, 0.1) is 6.92 Å². The van der Waals surface area contributed by atoms with Crippen molar-refractivity contribution < 1.29 is 30.8 Å². The van der Waals surface area contributed by atoms with Crippen LogP contribution in [0.1, 0.15) is 117 Å². The van der Waals surface area contributed by atoms with Gasteiger partial charge in [-0.2, -0.15) is 6.42 Å². The van der Waals surface area contributed by atoms with Gasteiger partial charge in [-0.1, -0.05) is 104 Å². The summed E-state index contributed by atoms with van der Waals surface area (Å²) in [7, 11) is -3.73. The average molecular weight is 422 g/mol. The smallest absolute Gasteiger partial charge is 0.325 e. The van der Waals surface area contributed by atoms with Crippen LogP contribution in [0.25, 0.3) is 0 Å². The van der Waals surface area contributed by atoms with Crippen molar-refractivity contribution in [3.8, 4) is 0 Å². The summed E-state index contributed by atoms with van der Waals surface area (Å²) >= 11 is 0. The minimum atomic E-state index is -3.73. The second-order valence-corrected chi connectivity index (χ2v) is 8.61. The summed E-state index contributed by atoms with van der Waals surface area (Å²) in [5.41, 5.74) is 0. The van der Waals surface area contributed by atoms with E-state index in [1.807, 2.05) is 0 Å². The number of hydrogen-bond acceptors (Lipinski definition) is 1. The van der Waals surface area contributed by atoms with Crippen molar-refractivity contribution in [2.45, 2.75) is 117 Å². The molecule has 2 N–H and O–H groups in total. The first-order valence-corrected chi connectivity index (χ1v) is 12.1. The Kier molecular flexibility index (Phi) is 29.9. The molecule has 158 valence electrons. The third-order valence-corrected chi connectivity index (χ3v) is 5.06. The van der Waals surface area contributed by atoms with E-state index in [0.717, 1.165) is 19.3 Å². The Morgan fingerprint density at radius 3 is 1.28 bits per heavy atom. The third kappa shape index (κ3) is 36.4. The van der Waals surface area contributed by atoms with E-state index in [0.29, 0.717) is 6.42 Å². The first-order chi connectivity index (χ1) is 11.5.